The largest absolute Gasteiger partial charge is 0.384 e. The lowest BCUT2D eigenvalue weighted by molar-refractivity contribution is 0.0615. The lowest BCUT2D eigenvalue weighted by Crippen LogP contribution is -2.22. The van der Waals surface area contributed by atoms with Gasteiger partial charge in [0.15, 0.2) is 0 Å². The van der Waals surface area contributed by atoms with E-state index < -0.39 is 5.60 Å². The van der Waals surface area contributed by atoms with Gasteiger partial charge < -0.3 is 5.11 Å². The lowest BCUT2D eigenvalue weighted by atomic mass is 9.95. The van der Waals surface area contributed by atoms with E-state index in [2.05, 4.69) is 23.2 Å². The van der Waals surface area contributed by atoms with Crippen molar-refractivity contribution < 1.29 is 5.11 Å². The van der Waals surface area contributed by atoms with E-state index in [0.717, 1.165) is 10.4 Å². The van der Waals surface area contributed by atoms with Gasteiger partial charge in [0, 0.05) is 28.4 Å². The van der Waals surface area contributed by atoms with Crippen LogP contribution in [0.25, 0.3) is 10.1 Å². The number of hydrogen-bond acceptors (Lipinski definition) is 3. The Morgan fingerprint density at radius 2 is 2.05 bits per heavy atom. The van der Waals surface area contributed by atoms with E-state index in [0.29, 0.717) is 6.42 Å². The summed E-state index contributed by atoms with van der Waals surface area (Å²) in [5.74, 6) is 0. The summed E-state index contributed by atoms with van der Waals surface area (Å²) in [4.78, 5) is 5.10. The fourth-order valence-corrected chi connectivity index (χ4v) is 3.34. The highest BCUT2D eigenvalue weighted by Gasteiger charge is 2.25. The second-order valence-corrected chi connectivity index (χ2v) is 6.04. The third-order valence-electron chi connectivity index (χ3n) is 3.23. The molecule has 1 N–H and O–H groups in total. The van der Waals surface area contributed by atoms with Crippen LogP contribution in [0.4, 0.5) is 0 Å². The molecule has 3 rings (SSSR count). The third-order valence-corrected chi connectivity index (χ3v) is 4.60. The summed E-state index contributed by atoms with van der Waals surface area (Å²) < 4.78 is 1.21. The van der Waals surface area contributed by atoms with Gasteiger partial charge in [0.1, 0.15) is 5.60 Å². The van der Waals surface area contributed by atoms with Crippen molar-refractivity contribution in [3.63, 3.8) is 0 Å². The molecule has 19 heavy (non-hydrogen) atoms. The Balaban J connectivity index is 1.95. The van der Waals surface area contributed by atoms with Crippen LogP contribution in [0, 0.1) is 0 Å². The molecule has 0 saturated carbocycles. The van der Waals surface area contributed by atoms with Crippen molar-refractivity contribution in [1.29, 1.82) is 0 Å². The van der Waals surface area contributed by atoms with Crippen LogP contribution in [-0.4, -0.2) is 10.1 Å². The molecule has 0 spiro atoms. The average Bonchev–Trinajstić information content (AvgIpc) is 2.84. The first kappa shape index (κ1) is 12.3. The maximum Gasteiger partial charge on any atom is 0.100 e. The Morgan fingerprint density at radius 1 is 1.21 bits per heavy atom. The van der Waals surface area contributed by atoms with E-state index in [1.807, 2.05) is 37.4 Å². The number of fused-ring (bicyclic) bond motifs is 1. The molecular formula is C16H15NOS. The minimum absolute atomic E-state index is 0.577. The van der Waals surface area contributed by atoms with Crippen LogP contribution in [0.1, 0.15) is 17.4 Å². The van der Waals surface area contributed by atoms with Gasteiger partial charge in [-0.1, -0.05) is 24.3 Å². The molecule has 96 valence electrons. The lowest BCUT2D eigenvalue weighted by Gasteiger charge is -2.21. The van der Waals surface area contributed by atoms with Crippen LogP contribution in [0.5, 0.6) is 0 Å². The summed E-state index contributed by atoms with van der Waals surface area (Å²) in [6.07, 6.45) is 4.13. The molecule has 1 atom stereocenters. The fraction of sp³-hybridized carbons (Fsp3) is 0.188. The zero-order valence-corrected chi connectivity index (χ0v) is 11.5. The number of aliphatic hydroxyl groups is 1. The van der Waals surface area contributed by atoms with Crippen LogP contribution in [0.2, 0.25) is 0 Å². The molecule has 1 aromatic carbocycles. The highest BCUT2D eigenvalue weighted by Crippen LogP contribution is 2.34. The smallest absolute Gasteiger partial charge is 0.100 e. The highest BCUT2D eigenvalue weighted by atomic mass is 32.1. The molecule has 0 bridgehead atoms. The van der Waals surface area contributed by atoms with Gasteiger partial charge in [0.25, 0.3) is 0 Å². The third kappa shape index (κ3) is 2.53. The molecule has 0 radical (unpaired) electrons. The van der Waals surface area contributed by atoms with Crippen LogP contribution >= 0.6 is 11.3 Å². The molecule has 0 fully saturated rings. The maximum absolute atomic E-state index is 10.7. The van der Waals surface area contributed by atoms with Gasteiger partial charge in [-0.15, -0.1) is 11.3 Å². The standard InChI is InChI=1S/C16H15NOS/c1-16(18,10-12-5-4-8-17-11-12)15-9-13-6-2-3-7-14(13)19-15/h2-9,11,18H,10H2,1H3. The molecule has 3 heteroatoms. The van der Waals surface area contributed by atoms with Crippen LogP contribution < -0.4 is 0 Å². The molecule has 0 saturated heterocycles. The number of aromatic nitrogens is 1. The fourth-order valence-electron chi connectivity index (χ4n) is 2.23. The summed E-state index contributed by atoms with van der Waals surface area (Å²) in [7, 11) is 0. The monoisotopic (exact) mass is 269 g/mol. The second-order valence-electron chi connectivity index (χ2n) is 4.96. The number of thiophene rings is 1. The molecule has 2 aromatic heterocycles. The first-order valence-electron chi connectivity index (χ1n) is 6.25. The average molecular weight is 269 g/mol. The topological polar surface area (TPSA) is 33.1 Å². The van der Waals surface area contributed by atoms with Crippen molar-refractivity contribution in [1.82, 2.24) is 4.98 Å². The van der Waals surface area contributed by atoms with Gasteiger partial charge in [-0.3, -0.25) is 4.98 Å². The predicted octanol–water partition coefficient (Wildman–Crippen LogP) is 3.75. The minimum atomic E-state index is -0.854. The number of benzene rings is 1. The van der Waals surface area contributed by atoms with Crippen molar-refractivity contribution >= 4 is 21.4 Å². The molecule has 2 heterocycles. The van der Waals surface area contributed by atoms with Crippen LogP contribution in [0.15, 0.2) is 54.9 Å². The Kier molecular flexibility index (Phi) is 3.09. The van der Waals surface area contributed by atoms with E-state index in [4.69, 9.17) is 0 Å². The molecule has 3 aromatic rings. The zero-order chi connectivity index (χ0) is 13.3. The highest BCUT2D eigenvalue weighted by molar-refractivity contribution is 7.19. The van der Waals surface area contributed by atoms with Crippen molar-refractivity contribution in [2.75, 3.05) is 0 Å². The van der Waals surface area contributed by atoms with Gasteiger partial charge in [-0.25, -0.2) is 0 Å². The Labute approximate surface area is 116 Å². The summed E-state index contributed by atoms with van der Waals surface area (Å²) in [5.41, 5.74) is 0.192. The molecule has 0 aliphatic rings. The molecule has 1 unspecified atom stereocenters. The van der Waals surface area contributed by atoms with Crippen molar-refractivity contribution in [3.8, 4) is 0 Å². The summed E-state index contributed by atoms with van der Waals surface area (Å²) in [6.45, 7) is 1.87. The van der Waals surface area contributed by atoms with E-state index in [-0.39, 0.29) is 0 Å². The van der Waals surface area contributed by atoms with Gasteiger partial charge in [0.05, 0.1) is 0 Å². The second kappa shape index (κ2) is 4.76. The molecule has 2 nitrogen and oxygen atoms in total. The summed E-state index contributed by atoms with van der Waals surface area (Å²) in [6, 6.07) is 14.2. The molecule has 0 aliphatic carbocycles. The van der Waals surface area contributed by atoms with E-state index in [9.17, 15) is 5.11 Å². The molecular weight excluding hydrogens is 254 g/mol. The van der Waals surface area contributed by atoms with Crippen molar-refractivity contribution in [2.45, 2.75) is 18.9 Å². The molecule has 0 aliphatic heterocycles. The Morgan fingerprint density at radius 3 is 2.79 bits per heavy atom. The van der Waals surface area contributed by atoms with Gasteiger partial charge >= 0.3 is 0 Å². The van der Waals surface area contributed by atoms with E-state index in [1.165, 1.54) is 10.1 Å². The number of nitrogens with zero attached hydrogens (tertiary/aromatic N) is 1. The minimum Gasteiger partial charge on any atom is -0.384 e. The van der Waals surface area contributed by atoms with Crippen molar-refractivity contribution in [2.24, 2.45) is 0 Å². The van der Waals surface area contributed by atoms with E-state index in [1.54, 1.807) is 17.5 Å². The van der Waals surface area contributed by atoms with Crippen LogP contribution in [0.3, 0.4) is 0 Å². The normalized spacial score (nSPS) is 14.4. The first-order chi connectivity index (χ1) is 9.15. The number of pyridine rings is 1. The molecule has 0 amide bonds. The number of rotatable bonds is 3. The quantitative estimate of drug-likeness (QED) is 0.785. The SMILES string of the molecule is CC(O)(Cc1cccnc1)c1cc2ccccc2s1. The Hall–Kier alpha value is -1.71. The summed E-state index contributed by atoms with van der Waals surface area (Å²) >= 11 is 1.65. The van der Waals surface area contributed by atoms with Gasteiger partial charge in [-0.05, 0) is 36.1 Å². The van der Waals surface area contributed by atoms with Crippen molar-refractivity contribution in [3.05, 3.63) is 65.3 Å². The Bertz CT molecular complexity index is 655. The van der Waals surface area contributed by atoms with Gasteiger partial charge in [0.2, 0.25) is 0 Å². The zero-order valence-electron chi connectivity index (χ0n) is 10.7. The van der Waals surface area contributed by atoms with Gasteiger partial charge in [-0.2, -0.15) is 0 Å². The number of hydrogen-bond donors (Lipinski definition) is 1. The van der Waals surface area contributed by atoms with Crippen LogP contribution in [-0.2, 0) is 12.0 Å². The van der Waals surface area contributed by atoms with E-state index >= 15 is 0 Å². The first-order valence-corrected chi connectivity index (χ1v) is 7.07. The predicted molar refractivity (Wildman–Crippen MR) is 79.3 cm³/mol. The maximum atomic E-state index is 10.7. The summed E-state index contributed by atoms with van der Waals surface area (Å²) in [5, 5.41) is 11.9.